The third-order valence-electron chi connectivity index (χ3n) is 1.34. The first-order chi connectivity index (χ1) is 5.63. The molecule has 0 spiro atoms. The fourth-order valence-corrected chi connectivity index (χ4v) is 0.773. The smallest absolute Gasteiger partial charge is 0.404 e. The van der Waals surface area contributed by atoms with E-state index in [2.05, 4.69) is 5.32 Å². The van der Waals surface area contributed by atoms with Crippen molar-refractivity contribution in [1.29, 1.82) is 0 Å². The van der Waals surface area contributed by atoms with Crippen molar-refractivity contribution in [3.05, 3.63) is 0 Å². The molecule has 0 rings (SSSR count). The van der Waals surface area contributed by atoms with Gasteiger partial charge >= 0.3 is 12.1 Å². The zero-order valence-corrected chi connectivity index (χ0v) is 6.75. The molecule has 3 N–H and O–H groups in total. The number of carboxylic acid groups (broad SMARTS) is 2. The van der Waals surface area contributed by atoms with Crippen molar-refractivity contribution in [3.8, 4) is 0 Å². The van der Waals surface area contributed by atoms with Gasteiger partial charge in [0.15, 0.2) is 0 Å². The van der Waals surface area contributed by atoms with E-state index in [-0.39, 0.29) is 6.42 Å². The van der Waals surface area contributed by atoms with E-state index in [0.717, 1.165) is 6.42 Å². The Hall–Kier alpha value is -1.26. The van der Waals surface area contributed by atoms with Gasteiger partial charge in [-0.15, -0.1) is 0 Å². The third kappa shape index (κ3) is 8.74. The van der Waals surface area contributed by atoms with Gasteiger partial charge in [-0.25, -0.2) is 4.79 Å². The minimum Gasteiger partial charge on any atom is -0.481 e. The molecule has 0 radical (unpaired) electrons. The van der Waals surface area contributed by atoms with Crippen LogP contribution in [0.2, 0.25) is 0 Å². The van der Waals surface area contributed by atoms with E-state index in [1.807, 2.05) is 0 Å². The minimum atomic E-state index is -1.03. The lowest BCUT2D eigenvalue weighted by molar-refractivity contribution is -0.137. The van der Waals surface area contributed by atoms with Crippen molar-refractivity contribution in [2.45, 2.75) is 25.7 Å². The molecular weight excluding hydrogens is 162 g/mol. The van der Waals surface area contributed by atoms with E-state index in [1.54, 1.807) is 0 Å². The van der Waals surface area contributed by atoms with Crippen LogP contribution in [0.1, 0.15) is 25.7 Å². The van der Waals surface area contributed by atoms with Crippen LogP contribution in [0, 0.1) is 0 Å². The van der Waals surface area contributed by atoms with Gasteiger partial charge in [-0.05, 0) is 12.8 Å². The lowest BCUT2D eigenvalue weighted by atomic mass is 10.2. The van der Waals surface area contributed by atoms with Crippen molar-refractivity contribution >= 4 is 12.1 Å². The van der Waals surface area contributed by atoms with E-state index < -0.39 is 12.1 Å². The number of aliphatic carboxylic acids is 1. The Balaban J connectivity index is 3.01. The molecule has 0 aromatic carbocycles. The topological polar surface area (TPSA) is 86.6 Å². The van der Waals surface area contributed by atoms with Gasteiger partial charge in [-0.2, -0.15) is 0 Å². The molecule has 1 amide bonds. The van der Waals surface area contributed by atoms with E-state index >= 15 is 0 Å². The number of unbranched alkanes of at least 4 members (excludes halogenated alkanes) is 2. The Labute approximate surface area is 70.4 Å². The van der Waals surface area contributed by atoms with Crippen LogP contribution in [0.15, 0.2) is 0 Å². The summed E-state index contributed by atoms with van der Waals surface area (Å²) in [4.78, 5) is 20.0. The van der Waals surface area contributed by atoms with Gasteiger partial charge in [0, 0.05) is 13.0 Å². The summed E-state index contributed by atoms with van der Waals surface area (Å²) in [5, 5.41) is 18.6. The standard InChI is InChI=1S/C7H13NO4/c9-6(10)4-2-1-3-5-8-7(11)12/h8H,1-5H2,(H,9,10)(H,11,12). The summed E-state index contributed by atoms with van der Waals surface area (Å²) < 4.78 is 0. The lowest BCUT2D eigenvalue weighted by Gasteiger charge is -1.98. The fourth-order valence-electron chi connectivity index (χ4n) is 0.773. The van der Waals surface area contributed by atoms with Gasteiger partial charge < -0.3 is 15.5 Å². The van der Waals surface area contributed by atoms with Crippen LogP contribution >= 0.6 is 0 Å². The molecular formula is C7H13NO4. The molecule has 5 nitrogen and oxygen atoms in total. The van der Waals surface area contributed by atoms with Crippen LogP contribution in [-0.4, -0.2) is 28.8 Å². The molecule has 0 aliphatic heterocycles. The average molecular weight is 175 g/mol. The third-order valence-corrected chi connectivity index (χ3v) is 1.34. The molecule has 0 aliphatic rings. The molecule has 0 heterocycles. The Morgan fingerprint density at radius 2 is 1.75 bits per heavy atom. The summed E-state index contributed by atoms with van der Waals surface area (Å²) in [5.41, 5.74) is 0. The monoisotopic (exact) mass is 175 g/mol. The maximum Gasteiger partial charge on any atom is 0.404 e. The quantitative estimate of drug-likeness (QED) is 0.523. The largest absolute Gasteiger partial charge is 0.481 e. The number of rotatable bonds is 6. The number of hydrogen-bond acceptors (Lipinski definition) is 2. The molecule has 0 bridgehead atoms. The van der Waals surface area contributed by atoms with Crippen LogP contribution in [0.3, 0.4) is 0 Å². The number of nitrogens with one attached hydrogen (secondary N) is 1. The van der Waals surface area contributed by atoms with E-state index in [4.69, 9.17) is 10.2 Å². The molecule has 0 saturated carbocycles. The van der Waals surface area contributed by atoms with E-state index in [9.17, 15) is 9.59 Å². The van der Waals surface area contributed by atoms with Gasteiger partial charge in [0.2, 0.25) is 0 Å². The van der Waals surface area contributed by atoms with Crippen molar-refractivity contribution < 1.29 is 19.8 Å². The predicted octanol–water partition coefficient (Wildman–Crippen LogP) is 0.899. The minimum absolute atomic E-state index is 0.160. The Bertz CT molecular complexity index is 139. The fraction of sp³-hybridized carbons (Fsp3) is 0.714. The van der Waals surface area contributed by atoms with Crippen molar-refractivity contribution in [3.63, 3.8) is 0 Å². The number of amides is 1. The highest BCUT2D eigenvalue weighted by atomic mass is 16.4. The molecule has 12 heavy (non-hydrogen) atoms. The zero-order valence-electron chi connectivity index (χ0n) is 6.75. The second kappa shape index (κ2) is 6.45. The number of hydrogen-bond donors (Lipinski definition) is 3. The molecule has 0 fully saturated rings. The molecule has 5 heteroatoms. The van der Waals surface area contributed by atoms with Crippen molar-refractivity contribution in [2.75, 3.05) is 6.54 Å². The summed E-state index contributed by atoms with van der Waals surface area (Å²) in [6.45, 7) is 0.398. The predicted molar refractivity (Wildman–Crippen MR) is 42.1 cm³/mol. The summed E-state index contributed by atoms with van der Waals surface area (Å²) in [6.07, 6.45) is 1.17. The first-order valence-electron chi connectivity index (χ1n) is 3.81. The first kappa shape index (κ1) is 10.7. The first-order valence-corrected chi connectivity index (χ1v) is 3.81. The van der Waals surface area contributed by atoms with Crippen LogP contribution in [-0.2, 0) is 4.79 Å². The molecule has 0 atom stereocenters. The van der Waals surface area contributed by atoms with E-state index in [0.29, 0.717) is 19.4 Å². The highest BCUT2D eigenvalue weighted by molar-refractivity contribution is 5.66. The molecule has 0 aromatic rings. The average Bonchev–Trinajstić information content (AvgIpc) is 1.95. The van der Waals surface area contributed by atoms with Gasteiger partial charge in [0.05, 0.1) is 0 Å². The summed E-state index contributed by atoms with van der Waals surface area (Å²) in [5.74, 6) is -0.804. The van der Waals surface area contributed by atoms with Gasteiger partial charge in [0.1, 0.15) is 0 Å². The molecule has 0 aliphatic carbocycles. The molecule has 0 unspecified atom stereocenters. The molecule has 0 saturated heterocycles. The SMILES string of the molecule is O=C(O)CCCCCNC(=O)O. The summed E-state index contributed by atoms with van der Waals surface area (Å²) in [6, 6.07) is 0. The molecule has 70 valence electrons. The second-order valence-corrected chi connectivity index (χ2v) is 2.44. The van der Waals surface area contributed by atoms with Crippen LogP contribution < -0.4 is 5.32 Å². The van der Waals surface area contributed by atoms with Crippen LogP contribution in [0.25, 0.3) is 0 Å². The van der Waals surface area contributed by atoms with Crippen LogP contribution in [0.4, 0.5) is 4.79 Å². The highest BCUT2D eigenvalue weighted by Gasteiger charge is 1.96. The van der Waals surface area contributed by atoms with Crippen molar-refractivity contribution in [1.82, 2.24) is 5.32 Å². The zero-order chi connectivity index (χ0) is 9.40. The molecule has 0 aromatic heterocycles. The van der Waals surface area contributed by atoms with E-state index in [1.165, 1.54) is 0 Å². The van der Waals surface area contributed by atoms with Crippen LogP contribution in [0.5, 0.6) is 0 Å². The Kier molecular flexibility index (Phi) is 5.77. The maximum absolute atomic E-state index is 10.0. The Morgan fingerprint density at radius 1 is 1.08 bits per heavy atom. The Morgan fingerprint density at radius 3 is 2.25 bits per heavy atom. The highest BCUT2D eigenvalue weighted by Crippen LogP contribution is 1.98. The summed E-state index contributed by atoms with van der Waals surface area (Å²) >= 11 is 0. The summed E-state index contributed by atoms with van der Waals surface area (Å²) in [7, 11) is 0. The normalized spacial score (nSPS) is 9.33. The van der Waals surface area contributed by atoms with Crippen molar-refractivity contribution in [2.24, 2.45) is 0 Å². The van der Waals surface area contributed by atoms with Gasteiger partial charge in [0.25, 0.3) is 0 Å². The number of carboxylic acids is 1. The second-order valence-electron chi connectivity index (χ2n) is 2.44. The number of carbonyl (C=O) groups is 2. The lowest BCUT2D eigenvalue weighted by Crippen LogP contribution is -2.21. The van der Waals surface area contributed by atoms with Gasteiger partial charge in [-0.3, -0.25) is 4.79 Å². The maximum atomic E-state index is 10.0. The van der Waals surface area contributed by atoms with Gasteiger partial charge in [-0.1, -0.05) is 6.42 Å².